The fourth-order valence-corrected chi connectivity index (χ4v) is 8.12. The lowest BCUT2D eigenvalue weighted by Gasteiger charge is -2.59. The van der Waals surface area contributed by atoms with Gasteiger partial charge in [0.2, 0.25) is 16.0 Å². The molecule has 4 fully saturated rings. The third-order valence-electron chi connectivity index (χ3n) is 9.47. The molecule has 248 valence electrons. The summed E-state index contributed by atoms with van der Waals surface area (Å²) in [6, 6.07) is 8.40. The Kier molecular flexibility index (Phi) is 8.57. The van der Waals surface area contributed by atoms with Gasteiger partial charge in [0, 0.05) is 75.7 Å². The highest BCUT2D eigenvalue weighted by molar-refractivity contribution is 9.10. The number of benzene rings is 2. The largest absolute Gasteiger partial charge is 0.494 e. The van der Waals surface area contributed by atoms with Crippen LogP contribution < -0.4 is 25.0 Å². The maximum Gasteiger partial charge on any atom is 0.229 e. The number of hydrogen-bond acceptors (Lipinski definition) is 12. The maximum atomic E-state index is 12.2. The lowest BCUT2D eigenvalue weighted by molar-refractivity contribution is -0.0346. The third kappa shape index (κ3) is 6.53. The molecule has 2 bridgehead atoms. The number of ether oxygens (including phenoxy) is 1. The molecule has 0 spiro atoms. The topological polar surface area (TPSA) is 141 Å². The molecule has 3 atom stereocenters. The van der Waals surface area contributed by atoms with Crippen molar-refractivity contribution in [1.29, 1.82) is 0 Å². The van der Waals surface area contributed by atoms with Gasteiger partial charge in [-0.15, -0.1) is 0 Å². The molecule has 2 aromatic heterocycles. The molecule has 1 saturated carbocycles. The van der Waals surface area contributed by atoms with Crippen LogP contribution in [0.15, 0.2) is 47.3 Å². The molecule has 0 unspecified atom stereocenters. The molecule has 1 aliphatic carbocycles. The summed E-state index contributed by atoms with van der Waals surface area (Å²) in [6.07, 6.45) is 7.11. The predicted molar refractivity (Wildman–Crippen MR) is 189 cm³/mol. The number of sulfonamides is 1. The highest BCUT2D eigenvalue weighted by atomic mass is 79.9. The van der Waals surface area contributed by atoms with E-state index in [0.717, 1.165) is 43.7 Å². The van der Waals surface area contributed by atoms with E-state index in [9.17, 15) is 8.42 Å². The van der Waals surface area contributed by atoms with Crippen LogP contribution in [0.1, 0.15) is 12.0 Å². The molecule has 3 aliphatic heterocycles. The molecule has 5 heterocycles. The smallest absolute Gasteiger partial charge is 0.229 e. The molecular weight excluding hydrogens is 684 g/mol. The van der Waals surface area contributed by atoms with Crippen molar-refractivity contribution in [1.82, 2.24) is 29.7 Å². The van der Waals surface area contributed by atoms with Gasteiger partial charge in [-0.2, -0.15) is 4.98 Å². The van der Waals surface area contributed by atoms with Gasteiger partial charge in [-0.25, -0.2) is 13.4 Å². The zero-order valence-corrected chi connectivity index (χ0v) is 29.3. The normalized spacial score (nSPS) is 21.7. The first kappa shape index (κ1) is 31.8. The number of nitrogens with zero attached hydrogens (tertiary/aromatic N) is 7. The zero-order chi connectivity index (χ0) is 32.9. The van der Waals surface area contributed by atoms with Crippen molar-refractivity contribution in [2.75, 3.05) is 79.9 Å². The van der Waals surface area contributed by atoms with E-state index in [2.05, 4.69) is 87.0 Å². The fraction of sp³-hybridized carbons (Fsp3) is 0.438. The van der Waals surface area contributed by atoms with Crippen molar-refractivity contribution in [3.8, 4) is 5.75 Å². The average Bonchev–Trinajstić information content (AvgIpc) is 3.04. The molecule has 4 aliphatic rings. The highest BCUT2D eigenvalue weighted by Gasteiger charge is 2.49. The second-order valence-corrected chi connectivity index (χ2v) is 15.4. The van der Waals surface area contributed by atoms with Crippen LogP contribution in [0.3, 0.4) is 0 Å². The predicted octanol–water partition coefficient (Wildman–Crippen LogP) is 4.43. The van der Waals surface area contributed by atoms with Gasteiger partial charge < -0.3 is 25.2 Å². The number of piperidine rings is 2. The minimum Gasteiger partial charge on any atom is -0.494 e. The van der Waals surface area contributed by atoms with Crippen molar-refractivity contribution in [3.05, 3.63) is 52.9 Å². The Morgan fingerprint density at radius 1 is 0.979 bits per heavy atom. The third-order valence-corrected chi connectivity index (χ3v) is 10.6. The van der Waals surface area contributed by atoms with E-state index < -0.39 is 10.0 Å². The van der Waals surface area contributed by atoms with Crippen LogP contribution >= 0.6 is 15.9 Å². The van der Waals surface area contributed by atoms with Crippen molar-refractivity contribution in [3.63, 3.8) is 0 Å². The molecule has 47 heavy (non-hydrogen) atoms. The minimum absolute atomic E-state index is 0.274. The van der Waals surface area contributed by atoms with Crippen LogP contribution in [0.25, 0.3) is 11.0 Å². The van der Waals surface area contributed by atoms with Crippen molar-refractivity contribution < 1.29 is 13.2 Å². The number of methoxy groups -OCH3 is 1. The van der Waals surface area contributed by atoms with E-state index in [1.807, 2.05) is 0 Å². The first-order valence-electron chi connectivity index (χ1n) is 15.7. The van der Waals surface area contributed by atoms with Crippen molar-refractivity contribution in [2.24, 2.45) is 11.8 Å². The van der Waals surface area contributed by atoms with Crippen LogP contribution in [0, 0.1) is 18.8 Å². The summed E-state index contributed by atoms with van der Waals surface area (Å²) >= 11 is 3.53. The van der Waals surface area contributed by atoms with Gasteiger partial charge in [-0.05, 0) is 71.9 Å². The zero-order valence-electron chi connectivity index (χ0n) is 26.9. The van der Waals surface area contributed by atoms with Gasteiger partial charge >= 0.3 is 0 Å². The molecule has 3 saturated heterocycles. The van der Waals surface area contributed by atoms with E-state index in [4.69, 9.17) is 9.72 Å². The van der Waals surface area contributed by atoms with Crippen molar-refractivity contribution in [2.45, 2.75) is 19.4 Å². The summed E-state index contributed by atoms with van der Waals surface area (Å²) in [4.78, 5) is 25.5. The Balaban J connectivity index is 1.10. The summed E-state index contributed by atoms with van der Waals surface area (Å²) in [5, 5.41) is 6.57. The molecule has 3 N–H and O–H groups in total. The van der Waals surface area contributed by atoms with Gasteiger partial charge in [0.25, 0.3) is 0 Å². The number of likely N-dealkylation sites (N-methyl/N-ethyl adjacent to an activating group) is 1. The van der Waals surface area contributed by atoms with E-state index in [1.54, 1.807) is 31.6 Å². The standard InChI is InChI=1S/C32H39BrN10O3S/c1-19-13-25(27(46-3)15-26(19)43-17-20-14-21(18-43)30(20)42-11-9-41(2)10-12-42)38-32-36-16-22(33)31(39-32)37-24-6-5-23-28(35-8-7-34-23)29(24)40-47(4,44)45/h5-8,13,15-16,20-21,30,40H,9-12,14,17-18H2,1-4H3,(H2,36,37,38,39)/t20-,21+,30-. The monoisotopic (exact) mass is 722 g/mol. The Morgan fingerprint density at radius 2 is 1.72 bits per heavy atom. The Labute approximate surface area is 283 Å². The number of rotatable bonds is 9. The SMILES string of the molecule is COc1cc(N2C[C@H]3C[C@@H](C2)[C@@H]3N2CCN(C)CC2)c(C)cc1Nc1ncc(Br)c(Nc2ccc3nccnc3c2NS(C)(=O)=O)n1. The molecule has 8 rings (SSSR count). The lowest BCUT2D eigenvalue weighted by atomic mass is 9.65. The maximum absolute atomic E-state index is 12.2. The van der Waals surface area contributed by atoms with Crippen LogP contribution in [0.5, 0.6) is 5.75 Å². The number of hydrogen-bond donors (Lipinski definition) is 3. The average molecular weight is 724 g/mol. The van der Waals surface area contributed by atoms with Gasteiger partial charge in [-0.3, -0.25) is 19.6 Å². The van der Waals surface area contributed by atoms with Gasteiger partial charge in [0.1, 0.15) is 17.1 Å². The second kappa shape index (κ2) is 12.7. The lowest BCUT2D eigenvalue weighted by Crippen LogP contribution is -2.66. The van der Waals surface area contributed by atoms with Crippen LogP contribution in [0.2, 0.25) is 0 Å². The van der Waals surface area contributed by atoms with Gasteiger partial charge in [0.15, 0.2) is 0 Å². The highest BCUT2D eigenvalue weighted by Crippen LogP contribution is 2.46. The first-order valence-corrected chi connectivity index (χ1v) is 18.4. The number of aromatic nitrogens is 4. The molecule has 15 heteroatoms. The van der Waals surface area contributed by atoms with Crippen LogP contribution in [0.4, 0.5) is 34.5 Å². The van der Waals surface area contributed by atoms with Crippen LogP contribution in [-0.2, 0) is 10.0 Å². The van der Waals surface area contributed by atoms with Gasteiger partial charge in [0.05, 0.1) is 40.4 Å². The summed E-state index contributed by atoms with van der Waals surface area (Å²) in [6.45, 7) is 8.91. The Morgan fingerprint density at radius 3 is 2.45 bits per heavy atom. The number of fused-ring (bicyclic) bond motifs is 3. The van der Waals surface area contributed by atoms with E-state index >= 15 is 0 Å². The first-order chi connectivity index (χ1) is 22.6. The fourth-order valence-electron chi connectivity index (χ4n) is 7.25. The molecule has 0 amide bonds. The number of anilines is 6. The summed E-state index contributed by atoms with van der Waals surface area (Å²) < 4.78 is 33.5. The van der Waals surface area contributed by atoms with E-state index in [-0.39, 0.29) is 5.69 Å². The van der Waals surface area contributed by atoms with Crippen LogP contribution in [-0.4, -0.2) is 104 Å². The molecular formula is C32H39BrN10O3S. The van der Waals surface area contributed by atoms with E-state index in [1.165, 1.54) is 31.4 Å². The van der Waals surface area contributed by atoms with E-state index in [0.29, 0.717) is 56.6 Å². The number of aryl methyl sites for hydroxylation is 1. The quantitative estimate of drug-likeness (QED) is 0.225. The Bertz CT molecular complexity index is 1910. The summed E-state index contributed by atoms with van der Waals surface area (Å²) in [7, 11) is 0.275. The molecule has 4 aromatic rings. The molecule has 13 nitrogen and oxygen atoms in total. The molecule has 0 radical (unpaired) electrons. The molecule has 2 aromatic carbocycles. The number of halogens is 1. The summed E-state index contributed by atoms with van der Waals surface area (Å²) in [5.74, 6) is 2.87. The number of piperazine rings is 1. The minimum atomic E-state index is -3.61. The summed E-state index contributed by atoms with van der Waals surface area (Å²) in [5.41, 5.74) is 4.79. The Hall–Kier alpha value is -3.79. The van der Waals surface area contributed by atoms with Gasteiger partial charge in [-0.1, -0.05) is 0 Å². The number of nitrogens with one attached hydrogen (secondary N) is 3. The second-order valence-electron chi connectivity index (χ2n) is 12.8. The van der Waals surface area contributed by atoms with Crippen molar-refractivity contribution >= 4 is 71.5 Å².